The molecule has 0 radical (unpaired) electrons. The van der Waals surface area contributed by atoms with E-state index >= 15 is 0 Å². The van der Waals surface area contributed by atoms with E-state index in [1.807, 2.05) is 20.8 Å². The van der Waals surface area contributed by atoms with E-state index in [4.69, 9.17) is 72.0 Å². The largest absolute Gasteiger partial charge is 0.351 e. The van der Waals surface area contributed by atoms with Crippen LogP contribution in [0, 0.1) is 71.0 Å². The van der Waals surface area contributed by atoms with Gasteiger partial charge in [0.25, 0.3) is 0 Å². The Morgan fingerprint density at radius 1 is 0.388 bits per heavy atom. The Kier molecular flexibility index (Phi) is 12.2. The third-order valence-electron chi connectivity index (χ3n) is 20.4. The van der Waals surface area contributed by atoms with Crippen LogP contribution < -0.4 is 0 Å². The molecule has 16 heteroatoms. The number of fused-ring (bicyclic) bond motifs is 6. The van der Waals surface area contributed by atoms with Crippen molar-refractivity contribution < 1.29 is 72.0 Å². The zero-order chi connectivity index (χ0) is 46.3. The van der Waals surface area contributed by atoms with Gasteiger partial charge in [-0.25, -0.2) is 29.3 Å². The molecule has 0 amide bonds. The van der Waals surface area contributed by atoms with Gasteiger partial charge in [0, 0.05) is 74.4 Å². The summed E-state index contributed by atoms with van der Waals surface area (Å²) >= 11 is 0. The van der Waals surface area contributed by atoms with Crippen LogP contribution in [0.2, 0.25) is 0 Å². The second-order valence-electron chi connectivity index (χ2n) is 24.3. The van der Waals surface area contributed by atoms with Crippen LogP contribution in [-0.4, -0.2) is 116 Å². The van der Waals surface area contributed by atoms with Crippen LogP contribution in [0.25, 0.3) is 0 Å². The van der Waals surface area contributed by atoms with E-state index in [-0.39, 0.29) is 35.5 Å². The molecule has 12 aliphatic heterocycles. The first-order valence-electron chi connectivity index (χ1n) is 26.8. The van der Waals surface area contributed by atoms with Crippen molar-refractivity contribution in [1.29, 1.82) is 0 Å². The maximum absolute atomic E-state index is 6.81. The first-order valence-corrected chi connectivity index (χ1v) is 26.8. The lowest BCUT2D eigenvalue weighted by Gasteiger charge is -2.60. The highest BCUT2D eigenvalue weighted by atomic mass is 17.3. The van der Waals surface area contributed by atoms with E-state index in [0.29, 0.717) is 75.0 Å². The van der Waals surface area contributed by atoms with E-state index in [9.17, 15) is 0 Å². The fourth-order valence-corrected chi connectivity index (χ4v) is 16.4. The third-order valence-corrected chi connectivity index (χ3v) is 20.4. The summed E-state index contributed by atoms with van der Waals surface area (Å²) in [7, 11) is 0. The minimum absolute atomic E-state index is 0.0865. The molecule has 15 fully saturated rings. The first-order chi connectivity index (χ1) is 32.1. The van der Waals surface area contributed by atoms with Gasteiger partial charge < -0.3 is 42.6 Å². The Morgan fingerprint density at radius 2 is 0.687 bits per heavy atom. The molecule has 0 unspecified atom stereocenters. The topological polar surface area (TPSA) is 142 Å². The van der Waals surface area contributed by atoms with Gasteiger partial charge in [0.2, 0.25) is 17.4 Å². The Bertz CT molecular complexity index is 1620. The highest BCUT2D eigenvalue weighted by Crippen LogP contribution is 2.64. The quantitative estimate of drug-likeness (QED) is 0.175. The van der Waals surface area contributed by atoms with Crippen molar-refractivity contribution in [1.82, 2.24) is 4.90 Å². The maximum atomic E-state index is 6.81. The molecule has 0 aromatic heterocycles. The van der Waals surface area contributed by atoms with E-state index < -0.39 is 71.9 Å². The summed E-state index contributed by atoms with van der Waals surface area (Å²) < 4.78 is 60.6. The lowest BCUT2D eigenvalue weighted by Crippen LogP contribution is -2.70. The molecule has 0 N–H and O–H groups in total. The second-order valence-corrected chi connectivity index (χ2v) is 24.3. The molecule has 0 aromatic rings. The molecule has 3 saturated carbocycles. The van der Waals surface area contributed by atoms with Crippen molar-refractivity contribution in [3.05, 3.63) is 0 Å². The van der Waals surface area contributed by atoms with Crippen LogP contribution in [0.1, 0.15) is 139 Å². The fraction of sp³-hybridized carbons (Fsp3) is 1.00. The van der Waals surface area contributed by atoms with Crippen LogP contribution in [0.4, 0.5) is 0 Å². The van der Waals surface area contributed by atoms with Gasteiger partial charge in [-0.2, -0.15) is 0 Å². The van der Waals surface area contributed by atoms with Crippen LogP contribution in [-0.2, 0) is 72.0 Å². The summed E-state index contributed by atoms with van der Waals surface area (Å²) in [6.45, 7) is 22.9. The van der Waals surface area contributed by atoms with E-state index in [1.54, 1.807) is 0 Å². The first kappa shape index (κ1) is 47.4. The van der Waals surface area contributed by atoms with E-state index in [0.717, 1.165) is 77.0 Å². The number of rotatable bonds is 12. The molecular weight excluding hydrogens is 867 g/mol. The van der Waals surface area contributed by atoms with Crippen molar-refractivity contribution in [3.8, 4) is 0 Å². The van der Waals surface area contributed by atoms with Gasteiger partial charge in [-0.3, -0.25) is 4.90 Å². The highest BCUT2D eigenvalue weighted by molar-refractivity contribution is 5.12. The lowest BCUT2D eigenvalue weighted by atomic mass is 9.58. The van der Waals surface area contributed by atoms with Crippen LogP contribution >= 0.6 is 0 Å². The normalized spacial score (nSPS) is 57.2. The molecule has 15 rings (SSSR count). The molecule has 12 heterocycles. The number of nitrogens with zero attached hydrogens (tertiary/aromatic N) is 1. The smallest absolute Gasteiger partial charge is 0.201 e. The van der Waals surface area contributed by atoms with Gasteiger partial charge in [-0.15, -0.1) is 0 Å². The van der Waals surface area contributed by atoms with E-state index in [1.165, 1.54) is 0 Å². The van der Waals surface area contributed by atoms with Gasteiger partial charge in [0.05, 0.1) is 19.8 Å². The average Bonchev–Trinajstić information content (AvgIpc) is 3.78. The van der Waals surface area contributed by atoms with Crippen molar-refractivity contribution in [2.45, 2.75) is 211 Å². The van der Waals surface area contributed by atoms with Crippen molar-refractivity contribution in [2.75, 3.05) is 39.5 Å². The van der Waals surface area contributed by atoms with Gasteiger partial charge >= 0.3 is 0 Å². The van der Waals surface area contributed by atoms with Crippen LogP contribution in [0.5, 0.6) is 0 Å². The summed E-state index contributed by atoms with van der Waals surface area (Å²) in [5, 5.41) is 0. The Morgan fingerprint density at radius 3 is 0.985 bits per heavy atom. The maximum Gasteiger partial charge on any atom is 0.201 e. The van der Waals surface area contributed by atoms with Crippen molar-refractivity contribution in [2.24, 2.45) is 71.0 Å². The molecule has 24 atom stereocenters. The van der Waals surface area contributed by atoms with Gasteiger partial charge in [0.15, 0.2) is 54.5 Å². The SMILES string of the molecule is C[C@H]1[C@@H](OCCN(CCO[C@H]2O[C@@H]3O[C@@]4(C)CC[C@H]5[C@H](C)CC[C@@H]([C@H]2C)[C@@]35OO4)CCO[C@H]2O[C@@H]3O[C@@]4(C)CC[C@H]5[C@H](C)CC[C@@H]([C@H]2C)[C@@]35OO4)O[C@@H]2O[C@@]3(C)CC[C@H]4[C@H](C)CC[C@@H]1[C@@]24OO3. The molecule has 0 aromatic carbocycles. The molecule has 3 spiro atoms. The van der Waals surface area contributed by atoms with Gasteiger partial charge in [-0.1, -0.05) is 41.5 Å². The molecule has 67 heavy (non-hydrogen) atoms. The minimum Gasteiger partial charge on any atom is -0.351 e. The predicted octanol–water partition coefficient (Wildman–Crippen LogP) is 7.96. The Balaban J connectivity index is 0.730. The van der Waals surface area contributed by atoms with Crippen LogP contribution in [0.3, 0.4) is 0 Å². The predicted molar refractivity (Wildman–Crippen MR) is 235 cm³/mol. The zero-order valence-electron chi connectivity index (χ0n) is 41.7. The van der Waals surface area contributed by atoms with E-state index in [2.05, 4.69) is 46.4 Å². The Hall–Kier alpha value is -0.640. The number of hydrogen-bond donors (Lipinski definition) is 0. The third kappa shape index (κ3) is 7.40. The zero-order valence-corrected chi connectivity index (χ0v) is 41.7. The van der Waals surface area contributed by atoms with Crippen molar-refractivity contribution in [3.63, 3.8) is 0 Å². The summed E-state index contributed by atoms with van der Waals surface area (Å²) in [5.74, 6) is 0.710. The Labute approximate surface area is 397 Å². The standard InChI is InChI=1S/C51H81NO15/c1-28-10-13-37-31(4)40(56-43-49(37)34(28)16-19-46(7,59-43)62-65-49)53-25-22-52(23-26-54-41-32(5)38-14-11-29(2)35-17-20-47(8)60-44(57-41)50(35,38)66-63-47)24-27-55-42-33(6)39-15-12-30(3)36-18-21-48(9)61-45(58-42)51(36,39)67-64-48/h28-45H,10-27H2,1-9H3/t28-,29-,30-,31-,32-,33-,34+,35+,36+,37+,38+,39+,40+,41+,42+,43-,44-,45-,46-,47-,48-,49-,50-,51-/m1/s1. The van der Waals surface area contributed by atoms with Crippen molar-refractivity contribution >= 4 is 0 Å². The van der Waals surface area contributed by atoms with Gasteiger partial charge in [-0.05, 0) is 114 Å². The molecule has 12 saturated heterocycles. The summed E-state index contributed by atoms with van der Waals surface area (Å²) in [6.07, 6.45) is 8.80. The highest BCUT2D eigenvalue weighted by Gasteiger charge is 2.72. The molecule has 6 bridgehead atoms. The second kappa shape index (κ2) is 17.2. The number of hydrogen-bond acceptors (Lipinski definition) is 16. The summed E-state index contributed by atoms with van der Waals surface area (Å²) in [5.41, 5.74) is -1.89. The monoisotopic (exact) mass is 948 g/mol. The summed E-state index contributed by atoms with van der Waals surface area (Å²) in [6, 6.07) is 0. The molecule has 380 valence electrons. The molecular formula is C51H81NO15. The lowest BCUT2D eigenvalue weighted by molar-refractivity contribution is -0.577. The summed E-state index contributed by atoms with van der Waals surface area (Å²) in [4.78, 5) is 39.8. The number of ether oxygens (including phenoxy) is 9. The molecule has 3 aliphatic carbocycles. The average molecular weight is 948 g/mol. The fourth-order valence-electron chi connectivity index (χ4n) is 16.4. The molecule has 16 nitrogen and oxygen atoms in total. The minimum atomic E-state index is -0.838. The van der Waals surface area contributed by atoms with Crippen LogP contribution in [0.15, 0.2) is 0 Å². The van der Waals surface area contributed by atoms with Gasteiger partial charge in [0.1, 0.15) is 0 Å². The molecule has 15 aliphatic rings.